The maximum absolute atomic E-state index is 9.32. The van der Waals surface area contributed by atoms with Crippen LogP contribution in [0.1, 0.15) is 0 Å². The first-order chi connectivity index (χ1) is 22.8. The van der Waals surface area contributed by atoms with E-state index in [4.69, 9.17) is 77.0 Å². The molecule has 0 fully saturated rings. The molecule has 0 radical (unpaired) electrons. The average Bonchev–Trinajstić information content (AvgIpc) is 2.49. The van der Waals surface area contributed by atoms with Crippen LogP contribution in [0.25, 0.3) is 0 Å². The molecule has 0 atom stereocenters. The topological polar surface area (TPSA) is 887 Å². The molecule has 0 amide bonds. The van der Waals surface area contributed by atoms with E-state index in [0.717, 1.165) is 0 Å². The van der Waals surface area contributed by atoms with E-state index in [1.54, 1.807) is 0 Å². The van der Waals surface area contributed by atoms with Crippen LogP contribution >= 0.6 is 93.9 Å². The zero-order valence-electron chi connectivity index (χ0n) is 26.8. The van der Waals surface area contributed by atoms with Crippen molar-refractivity contribution in [2.24, 2.45) is 0 Å². The molecular formula is O44P12Zr7. The van der Waals surface area contributed by atoms with Crippen LogP contribution in [-0.2, 0) is 255 Å². The molecule has 0 N–H and O–H groups in total. The normalized spacial score (nSPS) is 11.6. The van der Waals surface area contributed by atoms with Crippen molar-refractivity contribution in [1.29, 1.82) is 0 Å². The van der Waals surface area contributed by atoms with Crippen LogP contribution in [0.15, 0.2) is 0 Å². The average molecular weight is 1710 g/mol. The quantitative estimate of drug-likeness (QED) is 0.204. The Morgan fingerprint density at radius 3 is 0.190 bits per heavy atom. The van der Waals surface area contributed by atoms with Crippen molar-refractivity contribution in [2.75, 3.05) is 0 Å². The summed E-state index contributed by atoms with van der Waals surface area (Å²) < 4.78 is 119. The molecule has 0 heterocycles. The summed E-state index contributed by atoms with van der Waals surface area (Å²) in [5, 5.41) is 0. The maximum Gasteiger partial charge on any atom is 4.00 e. The van der Waals surface area contributed by atoms with Gasteiger partial charge in [0.2, 0.25) is 0 Å². The van der Waals surface area contributed by atoms with Crippen molar-refractivity contribution >= 4 is 93.9 Å². The second kappa shape index (κ2) is 46.9. The zero-order chi connectivity index (χ0) is 48.8. The third kappa shape index (κ3) is 318. The molecular weight excluding hydrogens is 1710 g/mol. The summed E-state index contributed by atoms with van der Waals surface area (Å²) in [6, 6.07) is 0. The summed E-state index contributed by atoms with van der Waals surface area (Å²) in [5.41, 5.74) is 0. The molecule has 0 aliphatic carbocycles. The minimum atomic E-state index is -5.68. The van der Waals surface area contributed by atoms with Gasteiger partial charge < -0.3 is 209 Å². The third-order valence-corrected chi connectivity index (χ3v) is 7.20. The van der Waals surface area contributed by atoms with Crippen LogP contribution in [-0.4, -0.2) is 0 Å². The van der Waals surface area contributed by atoms with Crippen molar-refractivity contribution in [2.45, 2.75) is 0 Å². The molecule has 0 unspecified atom stereocenters. The minimum absolute atomic E-state index is 0. The maximum atomic E-state index is 9.32. The van der Waals surface area contributed by atoms with Gasteiger partial charge in [-0.15, -0.1) is 0 Å². The van der Waals surface area contributed by atoms with Gasteiger partial charge >= 0.3 is 183 Å². The molecule has 0 saturated carbocycles. The molecule has 0 bridgehead atoms. The second-order valence-corrected chi connectivity index (χ2v) is 19.0. The first-order valence-electron chi connectivity index (χ1n) is 8.76. The van der Waals surface area contributed by atoms with Gasteiger partial charge in [-0.2, -0.15) is 31.3 Å². The van der Waals surface area contributed by atoms with Gasteiger partial charge in [-0.05, 0) is 0 Å². The first kappa shape index (κ1) is 111. The predicted molar refractivity (Wildman–Crippen MR) is 95.6 cm³/mol. The summed E-state index contributed by atoms with van der Waals surface area (Å²) >= 11 is 0. The fourth-order valence-electron chi connectivity index (χ4n) is 0.490. The van der Waals surface area contributed by atoms with E-state index in [2.05, 4.69) is 17.2 Å². The van der Waals surface area contributed by atoms with E-state index < -0.39 is 93.9 Å². The summed E-state index contributed by atoms with van der Waals surface area (Å²) in [6.07, 6.45) is 0. The second-order valence-electron chi connectivity index (χ2n) is 5.69. The van der Waals surface area contributed by atoms with E-state index in [1.807, 2.05) is 0 Å². The Bertz CT molecular complexity index is 1290. The first-order valence-corrected chi connectivity index (χ1v) is 26.3. The van der Waals surface area contributed by atoms with Gasteiger partial charge in [-0.25, -0.2) is 0 Å². The Morgan fingerprint density at radius 1 is 0.159 bits per heavy atom. The zero-order valence-corrected chi connectivity index (χ0v) is 54.8. The smallest absolute Gasteiger partial charge is 0.822 e. The third-order valence-electron chi connectivity index (χ3n) is 0.800. The summed E-state index contributed by atoms with van der Waals surface area (Å²) in [5.74, 6) is 0. The molecule has 0 aromatic carbocycles. The number of rotatable bonds is 8. The molecule has 0 spiro atoms. The molecule has 63 heavy (non-hydrogen) atoms. The van der Waals surface area contributed by atoms with Crippen molar-refractivity contribution in [3.8, 4) is 0 Å². The number of phosphoric acid groups is 12. The van der Waals surface area contributed by atoms with Crippen LogP contribution < -0.4 is 137 Å². The van der Waals surface area contributed by atoms with E-state index in [1.165, 1.54) is 0 Å². The predicted octanol–water partition coefficient (Wildman–Crippen LogP) is -24.7. The standard InChI is InChI=1S/4H4O7P2.4H3O4P.7Zr/c4*1-8(2,3)7-9(4,5)6;4*1-5(2,3)4;;;;;;;/h4*(H2,1,2,3)(H2,4,5,6);4*(H3,1,2,3,4);;;;;;;/q;;;;;;;;7*+4/p-28. The van der Waals surface area contributed by atoms with Crippen molar-refractivity contribution < 1.29 is 392 Å². The fraction of sp³-hybridized carbons (Fsp3) is 0. The molecule has 63 heteroatoms. The Hall–Kier alpha value is 7.66. The van der Waals surface area contributed by atoms with Gasteiger partial charge in [-0.3, -0.25) is 0 Å². The van der Waals surface area contributed by atoms with E-state index in [-0.39, 0.29) is 183 Å². The molecule has 0 aromatic rings. The largest absolute Gasteiger partial charge is 4.00 e. The van der Waals surface area contributed by atoms with E-state index in [9.17, 15) is 115 Å². The van der Waals surface area contributed by atoms with Crippen molar-refractivity contribution in [3.63, 3.8) is 0 Å². The summed E-state index contributed by atoms with van der Waals surface area (Å²) in [6.45, 7) is 0. The minimum Gasteiger partial charge on any atom is -0.822 e. The fourth-order valence-corrected chi connectivity index (χ4v) is 4.41. The van der Waals surface area contributed by atoms with Gasteiger partial charge in [0.25, 0.3) is 0 Å². The van der Waals surface area contributed by atoms with Crippen LogP contribution in [0.5, 0.6) is 0 Å². The summed E-state index contributed by atoms with van der Waals surface area (Å²) in [4.78, 5) is 252. The Kier molecular flexibility index (Phi) is 82.4. The van der Waals surface area contributed by atoms with Crippen LogP contribution in [0, 0.1) is 0 Å². The van der Waals surface area contributed by atoms with Gasteiger partial charge in [-0.1, -0.05) is 0 Å². The Labute approximate surface area is 479 Å². The SMILES string of the molecule is O=P([O-])([O-])OP(=O)([O-])[O-].O=P([O-])([O-])OP(=O)([O-])[O-].O=P([O-])([O-])OP(=O)([O-])[O-].O=P([O-])([O-])OP(=O)([O-])[O-].O=P([O-])([O-])[O-].O=P([O-])([O-])[O-].O=P([O-])([O-])[O-].O=P([O-])([O-])[O-].[Zr+4].[Zr+4].[Zr+4].[Zr+4].[Zr+4].[Zr+4].[Zr+4]. The van der Waals surface area contributed by atoms with Crippen molar-refractivity contribution in [1.82, 2.24) is 0 Å². The Morgan fingerprint density at radius 2 is 0.190 bits per heavy atom. The molecule has 0 saturated heterocycles. The van der Waals surface area contributed by atoms with Gasteiger partial charge in [0.05, 0.1) is 62.6 Å². The van der Waals surface area contributed by atoms with Crippen LogP contribution in [0.3, 0.4) is 0 Å². The van der Waals surface area contributed by atoms with Crippen LogP contribution in [0.4, 0.5) is 0 Å². The van der Waals surface area contributed by atoms with Gasteiger partial charge in [0.1, 0.15) is 0 Å². The number of hydrogen-bond acceptors (Lipinski definition) is 44. The van der Waals surface area contributed by atoms with Crippen LogP contribution in [0.2, 0.25) is 0 Å². The monoisotopic (exact) mass is 1700 g/mol. The summed E-state index contributed by atoms with van der Waals surface area (Å²) in [7, 11) is -67.0. The molecule has 0 aromatic heterocycles. The van der Waals surface area contributed by atoms with E-state index in [0.29, 0.717) is 0 Å². The van der Waals surface area contributed by atoms with Crippen molar-refractivity contribution in [3.05, 3.63) is 0 Å². The molecule has 0 aliphatic rings. The molecule has 352 valence electrons. The van der Waals surface area contributed by atoms with Gasteiger partial charge in [0, 0.05) is 0 Å². The van der Waals surface area contributed by atoms with Gasteiger partial charge in [0.15, 0.2) is 0 Å². The number of hydrogen-bond donors (Lipinski definition) is 0. The molecule has 0 aliphatic heterocycles. The van der Waals surface area contributed by atoms with E-state index >= 15 is 0 Å². The molecule has 44 nitrogen and oxygen atoms in total. The Balaban J connectivity index is -0.0000000321. The molecule has 0 rings (SSSR count).